The Hall–Kier alpha value is -0.983. The van der Waals surface area contributed by atoms with Crippen LogP contribution in [0.4, 0.5) is 0 Å². The standard InChI is InChI=1S/C13H24N2O3Si/c1-13(2,3)19(4,5)18-7-6-17-12-9-14-8-11(10-16)15-12/h8-9,16H,6-7,10H2,1-5H3. The molecule has 0 amide bonds. The van der Waals surface area contributed by atoms with Crippen LogP contribution in [0.25, 0.3) is 0 Å². The minimum absolute atomic E-state index is 0.134. The molecule has 1 N–H and O–H groups in total. The van der Waals surface area contributed by atoms with Crippen LogP contribution >= 0.6 is 0 Å². The average molecular weight is 284 g/mol. The van der Waals surface area contributed by atoms with Crippen LogP contribution in [-0.4, -0.2) is 36.6 Å². The van der Waals surface area contributed by atoms with Crippen molar-refractivity contribution in [3.63, 3.8) is 0 Å². The molecule has 1 aromatic heterocycles. The van der Waals surface area contributed by atoms with Crippen molar-refractivity contribution in [1.82, 2.24) is 9.97 Å². The number of rotatable bonds is 6. The maximum absolute atomic E-state index is 8.95. The van der Waals surface area contributed by atoms with Crippen LogP contribution in [0, 0.1) is 0 Å². The van der Waals surface area contributed by atoms with Gasteiger partial charge in [-0.2, -0.15) is 0 Å². The monoisotopic (exact) mass is 284 g/mol. The number of aliphatic hydroxyl groups excluding tert-OH is 1. The third-order valence-electron chi connectivity index (χ3n) is 3.43. The predicted octanol–water partition coefficient (Wildman–Crippen LogP) is 2.37. The molecule has 108 valence electrons. The second kappa shape index (κ2) is 6.45. The SMILES string of the molecule is CC(C)(C)[Si](C)(C)OCCOc1cncc(CO)n1. The summed E-state index contributed by atoms with van der Waals surface area (Å²) in [6.45, 7) is 11.9. The first-order valence-electron chi connectivity index (χ1n) is 6.45. The molecule has 1 rings (SSSR count). The van der Waals surface area contributed by atoms with Crippen molar-refractivity contribution in [2.24, 2.45) is 0 Å². The lowest BCUT2D eigenvalue weighted by molar-refractivity contribution is 0.197. The third-order valence-corrected chi connectivity index (χ3v) is 7.96. The van der Waals surface area contributed by atoms with Crippen LogP contribution in [0.3, 0.4) is 0 Å². The van der Waals surface area contributed by atoms with Crippen LogP contribution in [0.5, 0.6) is 5.88 Å². The Morgan fingerprint density at radius 2 is 1.89 bits per heavy atom. The lowest BCUT2D eigenvalue weighted by atomic mass is 10.2. The molecule has 19 heavy (non-hydrogen) atoms. The quantitative estimate of drug-likeness (QED) is 0.642. The molecule has 0 aliphatic rings. The summed E-state index contributed by atoms with van der Waals surface area (Å²) >= 11 is 0. The molecule has 1 aromatic rings. The maximum Gasteiger partial charge on any atom is 0.232 e. The van der Waals surface area contributed by atoms with E-state index in [4.69, 9.17) is 14.3 Å². The summed E-state index contributed by atoms with van der Waals surface area (Å²) in [5.41, 5.74) is 0.503. The van der Waals surface area contributed by atoms with E-state index in [1.54, 1.807) is 0 Å². The topological polar surface area (TPSA) is 64.5 Å². The summed E-state index contributed by atoms with van der Waals surface area (Å²) in [5, 5.41) is 9.15. The fraction of sp³-hybridized carbons (Fsp3) is 0.692. The zero-order valence-electron chi connectivity index (χ0n) is 12.4. The Balaban J connectivity index is 2.39. The minimum Gasteiger partial charge on any atom is -0.474 e. The van der Waals surface area contributed by atoms with Gasteiger partial charge in [0.25, 0.3) is 0 Å². The molecule has 5 nitrogen and oxygen atoms in total. The summed E-state index contributed by atoms with van der Waals surface area (Å²) in [6.07, 6.45) is 3.05. The first kappa shape index (κ1) is 16.1. The van der Waals surface area contributed by atoms with E-state index in [-0.39, 0.29) is 11.6 Å². The van der Waals surface area contributed by atoms with Gasteiger partial charge in [-0.25, -0.2) is 4.98 Å². The smallest absolute Gasteiger partial charge is 0.232 e. The lowest BCUT2D eigenvalue weighted by Gasteiger charge is -2.36. The summed E-state index contributed by atoms with van der Waals surface area (Å²) in [6, 6.07) is 0. The molecule has 0 radical (unpaired) electrons. The molecule has 0 saturated carbocycles. The molecule has 0 saturated heterocycles. The van der Waals surface area contributed by atoms with E-state index in [2.05, 4.69) is 43.8 Å². The predicted molar refractivity (Wildman–Crippen MR) is 76.6 cm³/mol. The van der Waals surface area contributed by atoms with Crippen LogP contribution in [-0.2, 0) is 11.0 Å². The van der Waals surface area contributed by atoms with Gasteiger partial charge in [0, 0.05) is 0 Å². The van der Waals surface area contributed by atoms with Crippen LogP contribution < -0.4 is 4.74 Å². The Kier molecular flexibility index (Phi) is 5.46. The normalized spacial score (nSPS) is 12.5. The highest BCUT2D eigenvalue weighted by Crippen LogP contribution is 2.36. The first-order valence-corrected chi connectivity index (χ1v) is 9.35. The Bertz CT molecular complexity index is 405. The summed E-state index contributed by atoms with van der Waals surface area (Å²) in [4.78, 5) is 8.04. The highest BCUT2D eigenvalue weighted by molar-refractivity contribution is 6.74. The Morgan fingerprint density at radius 1 is 1.21 bits per heavy atom. The molecule has 0 aliphatic heterocycles. The number of aliphatic hydroxyl groups is 1. The maximum atomic E-state index is 8.95. The summed E-state index contributed by atoms with van der Waals surface area (Å²) < 4.78 is 11.5. The molecular formula is C13H24N2O3Si. The molecule has 0 unspecified atom stereocenters. The van der Waals surface area contributed by atoms with E-state index in [1.807, 2.05) is 0 Å². The average Bonchev–Trinajstić information content (AvgIpc) is 2.33. The highest BCUT2D eigenvalue weighted by Gasteiger charge is 2.36. The van der Waals surface area contributed by atoms with Gasteiger partial charge in [-0.3, -0.25) is 4.98 Å². The Labute approximate surface area is 116 Å². The summed E-state index contributed by atoms with van der Waals surface area (Å²) in [5.74, 6) is 0.422. The first-order chi connectivity index (χ1) is 8.76. The van der Waals surface area contributed by atoms with Crippen LogP contribution in [0.2, 0.25) is 18.1 Å². The van der Waals surface area contributed by atoms with Crippen molar-refractivity contribution < 1.29 is 14.3 Å². The van der Waals surface area contributed by atoms with Gasteiger partial charge in [-0.15, -0.1) is 0 Å². The lowest BCUT2D eigenvalue weighted by Crippen LogP contribution is -2.41. The second-order valence-electron chi connectivity index (χ2n) is 5.96. The van der Waals surface area contributed by atoms with Gasteiger partial charge in [0.1, 0.15) is 6.61 Å². The fourth-order valence-corrected chi connectivity index (χ4v) is 2.22. The van der Waals surface area contributed by atoms with Crippen LogP contribution in [0.15, 0.2) is 12.4 Å². The van der Waals surface area contributed by atoms with E-state index in [0.717, 1.165) is 0 Å². The number of hydrogen-bond donors (Lipinski definition) is 1. The molecule has 0 bridgehead atoms. The second-order valence-corrected chi connectivity index (χ2v) is 10.8. The van der Waals surface area contributed by atoms with Gasteiger partial charge in [-0.1, -0.05) is 20.8 Å². The van der Waals surface area contributed by atoms with E-state index in [9.17, 15) is 0 Å². The van der Waals surface area contributed by atoms with Gasteiger partial charge < -0.3 is 14.3 Å². The number of hydrogen-bond acceptors (Lipinski definition) is 5. The molecule has 0 aliphatic carbocycles. The van der Waals surface area contributed by atoms with E-state index >= 15 is 0 Å². The Morgan fingerprint density at radius 3 is 2.47 bits per heavy atom. The molecule has 0 spiro atoms. The highest BCUT2D eigenvalue weighted by atomic mass is 28.4. The molecule has 0 fully saturated rings. The summed E-state index contributed by atoms with van der Waals surface area (Å²) in [7, 11) is -1.72. The van der Waals surface area contributed by atoms with E-state index < -0.39 is 8.32 Å². The fourth-order valence-electron chi connectivity index (χ4n) is 1.19. The van der Waals surface area contributed by atoms with Gasteiger partial charge in [-0.05, 0) is 18.1 Å². The van der Waals surface area contributed by atoms with Crippen molar-refractivity contribution in [2.75, 3.05) is 13.2 Å². The zero-order chi connectivity index (χ0) is 14.5. The van der Waals surface area contributed by atoms with Crippen molar-refractivity contribution in [2.45, 2.75) is 45.5 Å². The van der Waals surface area contributed by atoms with Gasteiger partial charge in [0.05, 0.1) is 31.3 Å². The number of nitrogens with zero attached hydrogens (tertiary/aromatic N) is 2. The molecule has 1 heterocycles. The van der Waals surface area contributed by atoms with Crippen LogP contribution in [0.1, 0.15) is 26.5 Å². The van der Waals surface area contributed by atoms with Crippen molar-refractivity contribution >= 4 is 8.32 Å². The van der Waals surface area contributed by atoms with Gasteiger partial charge in [0.2, 0.25) is 5.88 Å². The molecule has 0 atom stereocenters. The van der Waals surface area contributed by atoms with Crippen molar-refractivity contribution in [3.8, 4) is 5.88 Å². The van der Waals surface area contributed by atoms with Gasteiger partial charge in [0.15, 0.2) is 8.32 Å². The largest absolute Gasteiger partial charge is 0.474 e. The van der Waals surface area contributed by atoms with E-state index in [1.165, 1.54) is 12.4 Å². The zero-order valence-corrected chi connectivity index (χ0v) is 13.4. The molecule has 6 heteroatoms. The van der Waals surface area contributed by atoms with Crippen molar-refractivity contribution in [3.05, 3.63) is 18.1 Å². The van der Waals surface area contributed by atoms with Gasteiger partial charge >= 0.3 is 0 Å². The number of aromatic nitrogens is 2. The van der Waals surface area contributed by atoms with E-state index in [0.29, 0.717) is 24.8 Å². The van der Waals surface area contributed by atoms with Crippen molar-refractivity contribution in [1.29, 1.82) is 0 Å². The molecular weight excluding hydrogens is 260 g/mol. The third kappa shape index (κ3) is 4.89. The minimum atomic E-state index is -1.72. The number of ether oxygens (including phenoxy) is 1. The molecule has 0 aromatic carbocycles.